The van der Waals surface area contributed by atoms with Crippen LogP contribution in [0.3, 0.4) is 0 Å². The molecule has 6 nitrogen and oxygen atoms in total. The van der Waals surface area contributed by atoms with Crippen molar-refractivity contribution in [3.05, 3.63) is 59.9 Å². The number of hydrogen-bond acceptors (Lipinski definition) is 4. The fraction of sp³-hybridized carbons (Fsp3) is 0.294. The summed E-state index contributed by atoms with van der Waals surface area (Å²) < 4.78 is 27.4. The van der Waals surface area contributed by atoms with Gasteiger partial charge in [-0.05, 0) is 42.9 Å². The average molecular weight is 346 g/mol. The lowest BCUT2D eigenvalue weighted by Crippen LogP contribution is -2.61. The summed E-state index contributed by atoms with van der Waals surface area (Å²) in [7, 11) is -3.95. The van der Waals surface area contributed by atoms with Gasteiger partial charge in [-0.3, -0.25) is 9.78 Å². The van der Waals surface area contributed by atoms with E-state index in [0.717, 1.165) is 5.56 Å². The lowest BCUT2D eigenvalue weighted by molar-refractivity contribution is -0.148. The van der Waals surface area contributed by atoms with Crippen molar-refractivity contribution < 1.29 is 18.3 Å². The van der Waals surface area contributed by atoms with Crippen LogP contribution in [-0.2, 0) is 14.8 Å². The molecular weight excluding hydrogens is 328 g/mol. The first kappa shape index (κ1) is 16.6. The van der Waals surface area contributed by atoms with Crippen LogP contribution in [0.15, 0.2) is 53.7 Å². The summed E-state index contributed by atoms with van der Waals surface area (Å²) in [6, 6.07) is 11.0. The second-order valence-corrected chi connectivity index (χ2v) is 7.89. The summed E-state index contributed by atoms with van der Waals surface area (Å²) in [5, 5.41) is 9.57. The number of carboxylic acid groups (broad SMARTS) is 1. The van der Waals surface area contributed by atoms with E-state index in [-0.39, 0.29) is 23.7 Å². The summed E-state index contributed by atoms with van der Waals surface area (Å²) >= 11 is 0. The van der Waals surface area contributed by atoms with E-state index in [0.29, 0.717) is 5.56 Å². The Balaban J connectivity index is 1.82. The molecule has 1 aromatic heterocycles. The van der Waals surface area contributed by atoms with Crippen molar-refractivity contribution >= 4 is 16.0 Å². The Hall–Kier alpha value is -2.25. The Kier molecular flexibility index (Phi) is 4.15. The van der Waals surface area contributed by atoms with Crippen molar-refractivity contribution in [2.24, 2.45) is 0 Å². The normalized spacial score (nSPS) is 23.5. The third-order valence-electron chi connectivity index (χ3n) is 4.36. The van der Waals surface area contributed by atoms with Gasteiger partial charge in [0.05, 0.1) is 0 Å². The minimum atomic E-state index is -3.95. The molecular formula is C17H18N2O4S. The van der Waals surface area contributed by atoms with Crippen molar-refractivity contribution in [3.63, 3.8) is 0 Å². The highest BCUT2D eigenvalue weighted by atomic mass is 32.2. The molecule has 0 radical (unpaired) electrons. The SMILES string of the molecule is Cc1cncc(S(=O)(=O)NC2(C(=O)O)CC(c3ccccc3)C2)c1. The number of sulfonamides is 1. The molecule has 1 aromatic carbocycles. The van der Waals surface area contributed by atoms with E-state index in [9.17, 15) is 18.3 Å². The second kappa shape index (κ2) is 5.99. The third-order valence-corrected chi connectivity index (χ3v) is 5.86. The molecule has 126 valence electrons. The summed E-state index contributed by atoms with van der Waals surface area (Å²) in [6.45, 7) is 1.73. The molecule has 1 aliphatic carbocycles. The van der Waals surface area contributed by atoms with Gasteiger partial charge in [-0.1, -0.05) is 30.3 Å². The van der Waals surface area contributed by atoms with Gasteiger partial charge in [0, 0.05) is 12.4 Å². The average Bonchev–Trinajstić information content (AvgIpc) is 2.51. The number of nitrogens with zero attached hydrogens (tertiary/aromatic N) is 1. The number of hydrogen-bond donors (Lipinski definition) is 2. The van der Waals surface area contributed by atoms with Crippen molar-refractivity contribution in [1.82, 2.24) is 9.71 Å². The van der Waals surface area contributed by atoms with Gasteiger partial charge in [-0.15, -0.1) is 0 Å². The molecule has 0 atom stereocenters. The first-order chi connectivity index (χ1) is 11.3. The molecule has 0 bridgehead atoms. The van der Waals surface area contributed by atoms with E-state index < -0.39 is 21.5 Å². The first-order valence-corrected chi connectivity index (χ1v) is 9.05. The van der Waals surface area contributed by atoms with Gasteiger partial charge < -0.3 is 5.11 Å². The number of benzene rings is 1. The zero-order valence-electron chi connectivity index (χ0n) is 13.1. The lowest BCUT2D eigenvalue weighted by Gasteiger charge is -2.44. The van der Waals surface area contributed by atoms with Crippen molar-refractivity contribution in [2.75, 3.05) is 0 Å². The summed E-state index contributed by atoms with van der Waals surface area (Å²) in [5.74, 6) is -1.13. The van der Waals surface area contributed by atoms with Crippen LogP contribution in [0.25, 0.3) is 0 Å². The van der Waals surface area contributed by atoms with Crippen LogP contribution in [0.5, 0.6) is 0 Å². The largest absolute Gasteiger partial charge is 0.480 e. The maximum Gasteiger partial charge on any atom is 0.324 e. The molecule has 1 fully saturated rings. The molecule has 2 N–H and O–H groups in total. The van der Waals surface area contributed by atoms with Gasteiger partial charge in [-0.25, -0.2) is 8.42 Å². The maximum absolute atomic E-state index is 12.5. The van der Waals surface area contributed by atoms with Crippen molar-refractivity contribution in [2.45, 2.75) is 36.1 Å². The van der Waals surface area contributed by atoms with E-state index in [4.69, 9.17) is 0 Å². The van der Waals surface area contributed by atoms with Crippen molar-refractivity contribution in [1.29, 1.82) is 0 Å². The summed E-state index contributed by atoms with van der Waals surface area (Å²) in [4.78, 5) is 15.6. The van der Waals surface area contributed by atoms with E-state index in [1.54, 1.807) is 13.1 Å². The Labute approximate surface area is 140 Å². The number of carboxylic acids is 1. The Bertz CT molecular complexity index is 859. The van der Waals surface area contributed by atoms with Crippen LogP contribution >= 0.6 is 0 Å². The molecule has 3 rings (SSSR count). The molecule has 2 aromatic rings. The minimum Gasteiger partial charge on any atom is -0.480 e. The number of carbonyl (C=O) groups is 1. The highest BCUT2D eigenvalue weighted by Crippen LogP contribution is 2.45. The van der Waals surface area contributed by atoms with Gasteiger partial charge >= 0.3 is 5.97 Å². The van der Waals surface area contributed by atoms with Crippen LogP contribution < -0.4 is 4.72 Å². The predicted molar refractivity (Wildman–Crippen MR) is 88.1 cm³/mol. The van der Waals surface area contributed by atoms with Gasteiger partial charge in [0.2, 0.25) is 10.0 Å². The van der Waals surface area contributed by atoms with E-state index >= 15 is 0 Å². The van der Waals surface area contributed by atoms with E-state index in [2.05, 4.69) is 9.71 Å². The Morgan fingerprint density at radius 3 is 2.50 bits per heavy atom. The van der Waals surface area contributed by atoms with Crippen LogP contribution in [0.4, 0.5) is 0 Å². The van der Waals surface area contributed by atoms with Crippen LogP contribution in [0, 0.1) is 6.92 Å². The van der Waals surface area contributed by atoms with E-state index in [1.165, 1.54) is 12.3 Å². The quantitative estimate of drug-likeness (QED) is 0.864. The fourth-order valence-electron chi connectivity index (χ4n) is 3.03. The highest BCUT2D eigenvalue weighted by Gasteiger charge is 2.53. The maximum atomic E-state index is 12.5. The molecule has 1 aliphatic rings. The number of nitrogens with one attached hydrogen (secondary N) is 1. The lowest BCUT2D eigenvalue weighted by atomic mass is 9.66. The summed E-state index contributed by atoms with van der Waals surface area (Å²) in [5.41, 5.74) is 0.243. The zero-order chi connectivity index (χ0) is 17.4. The number of aryl methyl sites for hydroxylation is 1. The number of aromatic nitrogens is 1. The van der Waals surface area contributed by atoms with Crippen LogP contribution in [0.1, 0.15) is 29.9 Å². The Morgan fingerprint density at radius 2 is 1.92 bits per heavy atom. The predicted octanol–water partition coefficient (Wildman–Crippen LogP) is 2.07. The topological polar surface area (TPSA) is 96.4 Å². The molecule has 0 aliphatic heterocycles. The molecule has 1 heterocycles. The molecule has 0 saturated heterocycles. The van der Waals surface area contributed by atoms with Gasteiger partial charge in [0.1, 0.15) is 10.4 Å². The minimum absolute atomic E-state index is 0.0220. The summed E-state index contributed by atoms with van der Waals surface area (Å²) in [6.07, 6.45) is 3.22. The highest BCUT2D eigenvalue weighted by molar-refractivity contribution is 7.89. The van der Waals surface area contributed by atoms with E-state index in [1.807, 2.05) is 30.3 Å². The molecule has 0 unspecified atom stereocenters. The fourth-order valence-corrected chi connectivity index (χ4v) is 4.46. The molecule has 1 saturated carbocycles. The molecule has 24 heavy (non-hydrogen) atoms. The number of rotatable bonds is 5. The van der Waals surface area contributed by atoms with Gasteiger partial charge in [0.25, 0.3) is 0 Å². The number of aliphatic carboxylic acids is 1. The number of pyridine rings is 1. The Morgan fingerprint density at radius 1 is 1.25 bits per heavy atom. The molecule has 0 amide bonds. The van der Waals surface area contributed by atoms with Gasteiger partial charge in [0.15, 0.2) is 0 Å². The second-order valence-electron chi connectivity index (χ2n) is 6.21. The van der Waals surface area contributed by atoms with Crippen molar-refractivity contribution in [3.8, 4) is 0 Å². The van der Waals surface area contributed by atoms with Gasteiger partial charge in [-0.2, -0.15) is 4.72 Å². The zero-order valence-corrected chi connectivity index (χ0v) is 14.0. The molecule has 7 heteroatoms. The molecule has 0 spiro atoms. The van der Waals surface area contributed by atoms with Crippen LogP contribution in [-0.4, -0.2) is 30.0 Å². The monoisotopic (exact) mass is 346 g/mol. The first-order valence-electron chi connectivity index (χ1n) is 7.56. The van der Waals surface area contributed by atoms with Crippen LogP contribution in [0.2, 0.25) is 0 Å². The third kappa shape index (κ3) is 3.05. The standard InChI is InChI=1S/C17H18N2O4S/c1-12-7-15(11-18-10-12)24(22,23)19-17(16(20)21)8-14(9-17)13-5-3-2-4-6-13/h2-7,10-11,14,19H,8-9H2,1H3,(H,20,21). The smallest absolute Gasteiger partial charge is 0.324 e.